The van der Waals surface area contributed by atoms with Gasteiger partial charge in [-0.25, -0.2) is 15.0 Å². The van der Waals surface area contributed by atoms with Crippen molar-refractivity contribution in [3.05, 3.63) is 65.0 Å². The number of nitrogens with zero attached hydrogens (tertiary/aromatic N) is 3. The van der Waals surface area contributed by atoms with Crippen LogP contribution in [0.1, 0.15) is 10.6 Å². The lowest BCUT2D eigenvalue weighted by Crippen LogP contribution is -2.03. The summed E-state index contributed by atoms with van der Waals surface area (Å²) in [5.41, 5.74) is 5.74. The summed E-state index contributed by atoms with van der Waals surface area (Å²) in [7, 11) is 1.64. The van der Waals surface area contributed by atoms with Crippen LogP contribution < -0.4 is 14.8 Å². The largest absolute Gasteiger partial charge is 0.493 e. The van der Waals surface area contributed by atoms with E-state index >= 15 is 0 Å². The standard InChI is InChI=1S/C23H21N5O2S/c1-14-22(31-13-27-14)6-8-30-21-11-19-17(10-20(21)29-2)23(26-12-25-19)28-16-3-4-18-15(9-16)5-7-24-18/h3-5,7,9-13,24H,6,8H2,1-2H3,(H,25,26,28). The predicted octanol–water partition coefficient (Wildman–Crippen LogP) is 5.25. The highest BCUT2D eigenvalue weighted by molar-refractivity contribution is 7.09. The van der Waals surface area contributed by atoms with Crippen LogP contribution in [0.4, 0.5) is 11.5 Å². The molecule has 0 spiro atoms. The molecule has 31 heavy (non-hydrogen) atoms. The van der Waals surface area contributed by atoms with Gasteiger partial charge in [-0.3, -0.25) is 0 Å². The summed E-state index contributed by atoms with van der Waals surface area (Å²) in [6.07, 6.45) is 4.28. The molecule has 3 aromatic heterocycles. The van der Waals surface area contributed by atoms with Crippen LogP contribution in [0, 0.1) is 6.92 Å². The second-order valence-electron chi connectivity index (χ2n) is 7.11. The number of rotatable bonds is 7. The van der Waals surface area contributed by atoms with Gasteiger partial charge in [0.15, 0.2) is 11.5 Å². The van der Waals surface area contributed by atoms with Crippen LogP contribution in [-0.2, 0) is 6.42 Å². The Hall–Kier alpha value is -3.65. The minimum Gasteiger partial charge on any atom is -0.493 e. The quantitative estimate of drug-likeness (QED) is 0.366. The zero-order chi connectivity index (χ0) is 21.2. The number of fused-ring (bicyclic) bond motifs is 2. The number of aryl methyl sites for hydroxylation is 1. The number of anilines is 2. The van der Waals surface area contributed by atoms with E-state index in [9.17, 15) is 0 Å². The molecule has 7 nitrogen and oxygen atoms in total. The Labute approximate surface area is 183 Å². The molecule has 5 rings (SSSR count). The number of hydrogen-bond donors (Lipinski definition) is 2. The number of hydrogen-bond acceptors (Lipinski definition) is 7. The maximum atomic E-state index is 6.03. The third-order valence-corrected chi connectivity index (χ3v) is 6.16. The SMILES string of the molecule is COc1cc2c(Nc3ccc4[nH]ccc4c3)ncnc2cc1OCCc1scnc1C. The molecular formula is C23H21N5O2S. The maximum absolute atomic E-state index is 6.03. The fourth-order valence-electron chi connectivity index (χ4n) is 3.52. The van der Waals surface area contributed by atoms with Crippen molar-refractivity contribution in [2.45, 2.75) is 13.3 Å². The van der Waals surface area contributed by atoms with Gasteiger partial charge in [-0.1, -0.05) is 0 Å². The normalized spacial score (nSPS) is 11.2. The van der Waals surface area contributed by atoms with Crippen molar-refractivity contribution in [1.29, 1.82) is 0 Å². The molecule has 0 unspecified atom stereocenters. The van der Waals surface area contributed by atoms with Crippen LogP contribution in [0.2, 0.25) is 0 Å². The predicted molar refractivity (Wildman–Crippen MR) is 124 cm³/mol. The van der Waals surface area contributed by atoms with Crippen molar-refractivity contribution >= 4 is 44.6 Å². The van der Waals surface area contributed by atoms with E-state index in [0.717, 1.165) is 39.6 Å². The molecule has 0 atom stereocenters. The third-order valence-electron chi connectivity index (χ3n) is 5.17. The minimum absolute atomic E-state index is 0.539. The lowest BCUT2D eigenvalue weighted by Gasteiger charge is -2.14. The molecule has 3 heterocycles. The molecule has 156 valence electrons. The number of benzene rings is 2. The molecule has 2 N–H and O–H groups in total. The van der Waals surface area contributed by atoms with Crippen LogP contribution in [0.3, 0.4) is 0 Å². The monoisotopic (exact) mass is 431 g/mol. The van der Waals surface area contributed by atoms with Gasteiger partial charge in [-0.05, 0) is 37.3 Å². The molecule has 0 saturated carbocycles. The van der Waals surface area contributed by atoms with E-state index < -0.39 is 0 Å². The number of aromatic amines is 1. The highest BCUT2D eigenvalue weighted by Gasteiger charge is 2.13. The van der Waals surface area contributed by atoms with Gasteiger partial charge in [-0.15, -0.1) is 11.3 Å². The second kappa shape index (κ2) is 8.23. The minimum atomic E-state index is 0.539. The van der Waals surface area contributed by atoms with Crippen molar-refractivity contribution in [2.24, 2.45) is 0 Å². The summed E-state index contributed by atoms with van der Waals surface area (Å²) >= 11 is 1.65. The summed E-state index contributed by atoms with van der Waals surface area (Å²) in [5, 5.41) is 5.39. The second-order valence-corrected chi connectivity index (χ2v) is 8.05. The maximum Gasteiger partial charge on any atom is 0.163 e. The van der Waals surface area contributed by atoms with E-state index in [1.807, 2.05) is 49.0 Å². The Morgan fingerprint density at radius 3 is 2.84 bits per heavy atom. The van der Waals surface area contributed by atoms with E-state index in [-0.39, 0.29) is 0 Å². The van der Waals surface area contributed by atoms with Crippen molar-refractivity contribution in [1.82, 2.24) is 19.9 Å². The van der Waals surface area contributed by atoms with Gasteiger partial charge < -0.3 is 19.8 Å². The first-order chi connectivity index (χ1) is 15.2. The van der Waals surface area contributed by atoms with Gasteiger partial charge in [0.1, 0.15) is 12.1 Å². The summed E-state index contributed by atoms with van der Waals surface area (Å²) in [5.74, 6) is 2.02. The topological polar surface area (TPSA) is 85.0 Å². The number of methoxy groups -OCH3 is 1. The Morgan fingerprint density at radius 2 is 2.00 bits per heavy atom. The molecule has 0 bridgehead atoms. The molecule has 2 aromatic carbocycles. The molecule has 5 aromatic rings. The summed E-state index contributed by atoms with van der Waals surface area (Å²) < 4.78 is 11.6. The van der Waals surface area contributed by atoms with Crippen LogP contribution >= 0.6 is 11.3 Å². The van der Waals surface area contributed by atoms with Gasteiger partial charge in [0.05, 0.1) is 30.4 Å². The molecule has 0 amide bonds. The van der Waals surface area contributed by atoms with Crippen molar-refractivity contribution in [3.63, 3.8) is 0 Å². The smallest absolute Gasteiger partial charge is 0.163 e. The first-order valence-corrected chi connectivity index (χ1v) is 10.8. The van der Waals surface area contributed by atoms with Crippen molar-refractivity contribution in [2.75, 3.05) is 19.0 Å². The summed E-state index contributed by atoms with van der Waals surface area (Å²) in [6.45, 7) is 2.56. The first kappa shape index (κ1) is 19.3. The fourth-order valence-corrected chi connectivity index (χ4v) is 4.29. The summed E-state index contributed by atoms with van der Waals surface area (Å²) in [4.78, 5) is 17.6. The highest BCUT2D eigenvalue weighted by atomic mass is 32.1. The molecule has 0 saturated heterocycles. The van der Waals surface area contributed by atoms with Gasteiger partial charge >= 0.3 is 0 Å². The van der Waals surface area contributed by atoms with Crippen molar-refractivity contribution < 1.29 is 9.47 Å². The van der Waals surface area contributed by atoms with Crippen LogP contribution in [0.15, 0.2) is 54.4 Å². The molecule has 0 aliphatic carbocycles. The zero-order valence-electron chi connectivity index (χ0n) is 17.2. The van der Waals surface area contributed by atoms with Crippen LogP contribution in [-0.4, -0.2) is 33.7 Å². The number of ether oxygens (including phenoxy) is 2. The van der Waals surface area contributed by atoms with E-state index in [0.29, 0.717) is 23.9 Å². The average Bonchev–Trinajstić information content (AvgIpc) is 3.42. The Morgan fingerprint density at radius 1 is 1.06 bits per heavy atom. The molecular weight excluding hydrogens is 410 g/mol. The van der Waals surface area contributed by atoms with Crippen molar-refractivity contribution in [3.8, 4) is 11.5 Å². The Balaban J connectivity index is 1.42. The van der Waals surface area contributed by atoms with Crippen LogP contribution in [0.5, 0.6) is 11.5 Å². The van der Waals surface area contributed by atoms with Gasteiger partial charge in [0.25, 0.3) is 0 Å². The van der Waals surface area contributed by atoms with Gasteiger partial charge in [-0.2, -0.15) is 0 Å². The molecule has 0 aliphatic rings. The van der Waals surface area contributed by atoms with Gasteiger partial charge in [0.2, 0.25) is 0 Å². The van der Waals surface area contributed by atoms with E-state index in [1.165, 1.54) is 4.88 Å². The fraction of sp³-hybridized carbons (Fsp3) is 0.174. The number of nitrogens with one attached hydrogen (secondary N) is 2. The molecule has 8 heteroatoms. The highest BCUT2D eigenvalue weighted by Crippen LogP contribution is 2.35. The Kier molecular flexibility index (Phi) is 5.13. The number of thiazole rings is 1. The van der Waals surface area contributed by atoms with E-state index in [2.05, 4.69) is 31.3 Å². The third kappa shape index (κ3) is 3.89. The lowest BCUT2D eigenvalue weighted by atomic mass is 10.2. The molecule has 0 radical (unpaired) electrons. The molecule has 0 aliphatic heterocycles. The lowest BCUT2D eigenvalue weighted by molar-refractivity contribution is 0.299. The first-order valence-electron chi connectivity index (χ1n) is 9.90. The number of aromatic nitrogens is 4. The molecule has 0 fully saturated rings. The van der Waals surface area contributed by atoms with Crippen LogP contribution in [0.25, 0.3) is 21.8 Å². The average molecular weight is 432 g/mol. The number of H-pyrrole nitrogens is 1. The Bertz CT molecular complexity index is 1360. The summed E-state index contributed by atoms with van der Waals surface area (Å²) in [6, 6.07) is 12.0. The van der Waals surface area contributed by atoms with E-state index in [1.54, 1.807) is 24.8 Å². The van der Waals surface area contributed by atoms with E-state index in [4.69, 9.17) is 9.47 Å². The van der Waals surface area contributed by atoms with Gasteiger partial charge in [0, 0.05) is 45.5 Å². The zero-order valence-corrected chi connectivity index (χ0v) is 18.0.